The fraction of sp³-hybridized carbons (Fsp3) is 0.438. The van der Waals surface area contributed by atoms with Gasteiger partial charge in [0.15, 0.2) is 0 Å². The Labute approximate surface area is 114 Å². The van der Waals surface area contributed by atoms with Crippen molar-refractivity contribution in [3.63, 3.8) is 0 Å². The molecular weight excluding hydrogens is 234 g/mol. The van der Waals surface area contributed by atoms with Gasteiger partial charge in [0.1, 0.15) is 0 Å². The van der Waals surface area contributed by atoms with Gasteiger partial charge in [0.05, 0.1) is 6.04 Å². The SMILES string of the molecule is Cc1cc2c(n1C(C)c1cccnc1)CCCC2N. The molecule has 2 N–H and O–H groups in total. The molecule has 0 aliphatic heterocycles. The molecule has 2 aromatic heterocycles. The lowest BCUT2D eigenvalue weighted by molar-refractivity contribution is 0.521. The van der Waals surface area contributed by atoms with E-state index in [4.69, 9.17) is 5.73 Å². The van der Waals surface area contributed by atoms with Crippen molar-refractivity contribution in [3.05, 3.63) is 53.1 Å². The third kappa shape index (κ3) is 2.08. The van der Waals surface area contributed by atoms with Gasteiger partial charge < -0.3 is 10.3 Å². The predicted molar refractivity (Wildman–Crippen MR) is 77.1 cm³/mol. The quantitative estimate of drug-likeness (QED) is 0.896. The summed E-state index contributed by atoms with van der Waals surface area (Å²) in [5.41, 5.74) is 11.6. The molecule has 100 valence electrons. The average Bonchev–Trinajstić information content (AvgIpc) is 2.77. The number of nitrogens with zero attached hydrogens (tertiary/aromatic N) is 2. The molecule has 0 fully saturated rings. The Morgan fingerprint density at radius 2 is 2.32 bits per heavy atom. The predicted octanol–water partition coefficient (Wildman–Crippen LogP) is 3.14. The summed E-state index contributed by atoms with van der Waals surface area (Å²) in [5, 5.41) is 0. The van der Waals surface area contributed by atoms with E-state index in [9.17, 15) is 0 Å². The molecule has 2 atom stereocenters. The third-order valence-corrected chi connectivity index (χ3v) is 4.25. The van der Waals surface area contributed by atoms with Gasteiger partial charge in [0.2, 0.25) is 0 Å². The molecule has 3 heteroatoms. The molecule has 0 saturated carbocycles. The first kappa shape index (κ1) is 12.4. The summed E-state index contributed by atoms with van der Waals surface area (Å²) < 4.78 is 2.44. The van der Waals surface area contributed by atoms with Crippen LogP contribution in [0.3, 0.4) is 0 Å². The summed E-state index contributed by atoms with van der Waals surface area (Å²) >= 11 is 0. The molecule has 0 saturated heterocycles. The molecule has 2 aromatic rings. The number of hydrogen-bond acceptors (Lipinski definition) is 2. The van der Waals surface area contributed by atoms with Crippen molar-refractivity contribution < 1.29 is 0 Å². The van der Waals surface area contributed by atoms with Crippen LogP contribution in [0, 0.1) is 6.92 Å². The van der Waals surface area contributed by atoms with Gasteiger partial charge in [-0.25, -0.2) is 0 Å². The number of pyridine rings is 1. The zero-order valence-corrected chi connectivity index (χ0v) is 11.6. The van der Waals surface area contributed by atoms with E-state index in [-0.39, 0.29) is 6.04 Å². The van der Waals surface area contributed by atoms with E-state index < -0.39 is 0 Å². The lowest BCUT2D eigenvalue weighted by Gasteiger charge is -2.24. The van der Waals surface area contributed by atoms with E-state index in [1.807, 2.05) is 18.5 Å². The standard InChI is InChI=1S/C16H21N3/c1-11-9-14-15(17)6-3-7-16(14)19(11)12(2)13-5-4-8-18-10-13/h4-5,8-10,12,15H,3,6-7,17H2,1-2H3. The maximum absolute atomic E-state index is 6.24. The Kier molecular flexibility index (Phi) is 3.15. The molecule has 0 spiro atoms. The van der Waals surface area contributed by atoms with Gasteiger partial charge in [0, 0.05) is 29.8 Å². The number of hydrogen-bond donors (Lipinski definition) is 1. The minimum atomic E-state index is 0.213. The first-order valence-corrected chi connectivity index (χ1v) is 7.04. The van der Waals surface area contributed by atoms with Crippen LogP contribution in [0.1, 0.15) is 54.4 Å². The van der Waals surface area contributed by atoms with Crippen LogP contribution in [0.15, 0.2) is 30.6 Å². The zero-order chi connectivity index (χ0) is 13.4. The molecule has 0 aromatic carbocycles. The summed E-state index contributed by atoms with van der Waals surface area (Å²) in [6.45, 7) is 4.42. The molecule has 1 aliphatic rings. The van der Waals surface area contributed by atoms with Crippen molar-refractivity contribution in [1.82, 2.24) is 9.55 Å². The van der Waals surface area contributed by atoms with E-state index >= 15 is 0 Å². The van der Waals surface area contributed by atoms with Gasteiger partial charge in [-0.1, -0.05) is 6.07 Å². The summed E-state index contributed by atoms with van der Waals surface area (Å²) in [7, 11) is 0. The van der Waals surface area contributed by atoms with Crippen molar-refractivity contribution in [2.24, 2.45) is 5.73 Å². The number of nitrogens with two attached hydrogens (primary N) is 1. The monoisotopic (exact) mass is 255 g/mol. The van der Waals surface area contributed by atoms with Crippen molar-refractivity contribution in [2.75, 3.05) is 0 Å². The molecular formula is C16H21N3. The smallest absolute Gasteiger partial charge is 0.0572 e. The molecule has 1 aliphatic carbocycles. The Bertz CT molecular complexity index is 571. The lowest BCUT2D eigenvalue weighted by Crippen LogP contribution is -2.20. The zero-order valence-electron chi connectivity index (χ0n) is 11.6. The van der Waals surface area contributed by atoms with Gasteiger partial charge >= 0.3 is 0 Å². The highest BCUT2D eigenvalue weighted by Crippen LogP contribution is 2.34. The van der Waals surface area contributed by atoms with Gasteiger partial charge in [-0.3, -0.25) is 4.98 Å². The molecule has 3 nitrogen and oxygen atoms in total. The van der Waals surface area contributed by atoms with E-state index in [2.05, 4.69) is 35.5 Å². The summed E-state index contributed by atoms with van der Waals surface area (Å²) in [6.07, 6.45) is 7.22. The van der Waals surface area contributed by atoms with Crippen LogP contribution in [-0.2, 0) is 6.42 Å². The Morgan fingerprint density at radius 1 is 1.47 bits per heavy atom. The van der Waals surface area contributed by atoms with Gasteiger partial charge in [-0.2, -0.15) is 0 Å². The molecule has 0 bridgehead atoms. The largest absolute Gasteiger partial charge is 0.341 e. The topological polar surface area (TPSA) is 43.8 Å². The number of fused-ring (bicyclic) bond motifs is 1. The minimum Gasteiger partial charge on any atom is -0.341 e. The highest BCUT2D eigenvalue weighted by atomic mass is 15.0. The van der Waals surface area contributed by atoms with Crippen LogP contribution >= 0.6 is 0 Å². The second kappa shape index (κ2) is 4.82. The minimum absolute atomic E-state index is 0.213. The summed E-state index contributed by atoms with van der Waals surface area (Å²) in [4.78, 5) is 4.23. The maximum atomic E-state index is 6.24. The Morgan fingerprint density at radius 3 is 3.05 bits per heavy atom. The average molecular weight is 255 g/mol. The summed E-state index contributed by atoms with van der Waals surface area (Å²) in [6, 6.07) is 6.95. The van der Waals surface area contributed by atoms with Crippen molar-refractivity contribution in [3.8, 4) is 0 Å². The fourth-order valence-corrected chi connectivity index (χ4v) is 3.27. The van der Waals surface area contributed by atoms with Gasteiger partial charge in [-0.05, 0) is 56.4 Å². The Hall–Kier alpha value is -1.61. The van der Waals surface area contributed by atoms with Crippen LogP contribution in [0.4, 0.5) is 0 Å². The number of rotatable bonds is 2. The van der Waals surface area contributed by atoms with Crippen molar-refractivity contribution in [2.45, 2.75) is 45.2 Å². The summed E-state index contributed by atoms with van der Waals surface area (Å²) in [5.74, 6) is 0. The first-order chi connectivity index (χ1) is 9.18. The molecule has 0 amide bonds. The lowest BCUT2D eigenvalue weighted by atomic mass is 9.93. The molecule has 2 heterocycles. The van der Waals surface area contributed by atoms with E-state index in [1.165, 1.54) is 28.9 Å². The molecule has 2 unspecified atom stereocenters. The van der Waals surface area contributed by atoms with Crippen molar-refractivity contribution >= 4 is 0 Å². The molecule has 19 heavy (non-hydrogen) atoms. The number of aryl methyl sites for hydroxylation is 1. The molecule has 3 rings (SSSR count). The van der Waals surface area contributed by atoms with Gasteiger partial charge in [-0.15, -0.1) is 0 Å². The van der Waals surface area contributed by atoms with Crippen LogP contribution in [-0.4, -0.2) is 9.55 Å². The van der Waals surface area contributed by atoms with Crippen LogP contribution in [0.5, 0.6) is 0 Å². The Balaban J connectivity index is 2.06. The highest BCUT2D eigenvalue weighted by Gasteiger charge is 2.24. The van der Waals surface area contributed by atoms with Gasteiger partial charge in [0.25, 0.3) is 0 Å². The number of aromatic nitrogens is 2. The van der Waals surface area contributed by atoms with E-state index in [0.29, 0.717) is 6.04 Å². The second-order valence-corrected chi connectivity index (χ2v) is 5.52. The maximum Gasteiger partial charge on any atom is 0.0572 e. The van der Waals surface area contributed by atoms with Crippen LogP contribution in [0.25, 0.3) is 0 Å². The first-order valence-electron chi connectivity index (χ1n) is 7.04. The highest BCUT2D eigenvalue weighted by molar-refractivity contribution is 5.34. The van der Waals surface area contributed by atoms with Crippen LogP contribution < -0.4 is 5.73 Å². The van der Waals surface area contributed by atoms with E-state index in [0.717, 1.165) is 12.8 Å². The van der Waals surface area contributed by atoms with Crippen LogP contribution in [0.2, 0.25) is 0 Å². The third-order valence-electron chi connectivity index (χ3n) is 4.25. The van der Waals surface area contributed by atoms with E-state index in [1.54, 1.807) is 0 Å². The molecule has 0 radical (unpaired) electrons. The van der Waals surface area contributed by atoms with Crippen molar-refractivity contribution in [1.29, 1.82) is 0 Å². The second-order valence-electron chi connectivity index (χ2n) is 5.52. The fourth-order valence-electron chi connectivity index (χ4n) is 3.27. The normalized spacial score (nSPS) is 20.1.